The summed E-state index contributed by atoms with van der Waals surface area (Å²) in [6.45, 7) is 9.69. The number of piperidine rings is 1. The predicted octanol–water partition coefficient (Wildman–Crippen LogP) is 8.36. The van der Waals surface area contributed by atoms with Gasteiger partial charge in [-0.15, -0.1) is 0 Å². The highest BCUT2D eigenvalue weighted by Crippen LogP contribution is 2.46. The smallest absolute Gasteiger partial charge is 0.190 e. The molecule has 0 aliphatic carbocycles. The Morgan fingerprint density at radius 1 is 0.492 bits per heavy atom. The molecule has 4 fully saturated rings. The third kappa shape index (κ3) is 11.3. The number of ether oxygens (including phenoxy) is 9. The number of fused-ring (bicyclic) bond motifs is 3. The molecular weight excluding hydrogens is 823 g/mol. The number of aliphatic hydroxyl groups is 1. The first-order valence-corrected chi connectivity index (χ1v) is 23.0. The molecule has 4 aliphatic rings. The number of rotatable bonds is 18. The van der Waals surface area contributed by atoms with Crippen LogP contribution in [0.2, 0.25) is 0 Å². The molecule has 0 saturated carbocycles. The van der Waals surface area contributed by atoms with Crippen LogP contribution in [0.15, 0.2) is 152 Å². The third-order valence-electron chi connectivity index (χ3n) is 12.8. The maximum Gasteiger partial charge on any atom is 0.190 e. The van der Waals surface area contributed by atoms with Gasteiger partial charge < -0.3 is 47.7 Å². The highest BCUT2D eigenvalue weighted by molar-refractivity contribution is 5.20. The van der Waals surface area contributed by atoms with Crippen molar-refractivity contribution in [3.8, 4) is 0 Å². The Kier molecular flexibility index (Phi) is 14.6. The van der Waals surface area contributed by atoms with Gasteiger partial charge in [-0.1, -0.05) is 152 Å². The molecule has 9 rings (SSSR count). The summed E-state index contributed by atoms with van der Waals surface area (Å²) in [5, 5.41) is 12.9. The van der Waals surface area contributed by atoms with Crippen molar-refractivity contribution in [2.24, 2.45) is 0 Å². The number of benzene rings is 5. The van der Waals surface area contributed by atoms with Crippen molar-refractivity contribution in [1.82, 2.24) is 4.90 Å². The summed E-state index contributed by atoms with van der Waals surface area (Å²) in [5.41, 5.74) is 5.24. The summed E-state index contributed by atoms with van der Waals surface area (Å²) in [6.07, 6.45) is -5.90. The second-order valence-electron chi connectivity index (χ2n) is 18.5. The topological polar surface area (TPSA) is 107 Å². The van der Waals surface area contributed by atoms with Crippen molar-refractivity contribution in [2.75, 3.05) is 6.61 Å². The van der Waals surface area contributed by atoms with Gasteiger partial charge in [0, 0.05) is 12.6 Å². The summed E-state index contributed by atoms with van der Waals surface area (Å²) in [6, 6.07) is 50.3. The molecule has 11 heteroatoms. The van der Waals surface area contributed by atoms with Crippen LogP contribution < -0.4 is 0 Å². The van der Waals surface area contributed by atoms with Gasteiger partial charge in [0.2, 0.25) is 0 Å². The van der Waals surface area contributed by atoms with Crippen LogP contribution in [0.3, 0.4) is 0 Å². The molecule has 0 aromatic heterocycles. The molecule has 0 radical (unpaired) electrons. The molecule has 5 aromatic carbocycles. The van der Waals surface area contributed by atoms with E-state index in [2.05, 4.69) is 77.7 Å². The van der Waals surface area contributed by atoms with Gasteiger partial charge >= 0.3 is 0 Å². The number of aliphatic hydroxyl groups excluding tert-OH is 1. The van der Waals surface area contributed by atoms with Crippen molar-refractivity contribution < 1.29 is 47.7 Å². The van der Waals surface area contributed by atoms with E-state index in [1.54, 1.807) is 0 Å². The average Bonchev–Trinajstić information content (AvgIpc) is 3.83. The zero-order valence-corrected chi connectivity index (χ0v) is 37.8. The summed E-state index contributed by atoms with van der Waals surface area (Å²) in [7, 11) is 0. The molecule has 11 atom stereocenters. The molecule has 0 unspecified atom stereocenters. The monoisotopic (exact) mass is 885 g/mol. The zero-order chi connectivity index (χ0) is 44.8. The van der Waals surface area contributed by atoms with Gasteiger partial charge in [0.05, 0.1) is 45.2 Å². The number of hydrogen-bond donors (Lipinski definition) is 1. The van der Waals surface area contributed by atoms with Gasteiger partial charge in [0.25, 0.3) is 0 Å². The molecule has 0 spiro atoms. The Balaban J connectivity index is 1.13. The number of likely N-dealkylation sites (tertiary alicyclic amines) is 1. The van der Waals surface area contributed by atoms with Gasteiger partial charge in [-0.2, -0.15) is 0 Å². The lowest BCUT2D eigenvalue weighted by atomic mass is 9.82. The lowest BCUT2D eigenvalue weighted by Gasteiger charge is -2.54. The minimum absolute atomic E-state index is 0.220. The van der Waals surface area contributed by atoms with E-state index >= 15 is 0 Å². The van der Waals surface area contributed by atoms with Crippen LogP contribution in [0, 0.1) is 0 Å². The van der Waals surface area contributed by atoms with Crippen molar-refractivity contribution in [2.45, 2.75) is 146 Å². The summed E-state index contributed by atoms with van der Waals surface area (Å²) in [4.78, 5) is 2.41. The Hall–Kier alpha value is -4.34. The molecule has 4 saturated heterocycles. The van der Waals surface area contributed by atoms with Crippen molar-refractivity contribution in [3.63, 3.8) is 0 Å². The minimum Gasteiger partial charge on any atom is -0.390 e. The van der Waals surface area contributed by atoms with Gasteiger partial charge in [-0.3, -0.25) is 4.90 Å². The van der Waals surface area contributed by atoms with Crippen molar-refractivity contribution >= 4 is 0 Å². The molecule has 5 aromatic rings. The van der Waals surface area contributed by atoms with E-state index in [1.165, 1.54) is 0 Å². The second-order valence-corrected chi connectivity index (χ2v) is 18.5. The van der Waals surface area contributed by atoms with Gasteiger partial charge in [0.15, 0.2) is 17.9 Å². The Labute approximate surface area is 383 Å². The fraction of sp³-hybridized carbons (Fsp3) is 0.444. The number of hydrogen-bond acceptors (Lipinski definition) is 11. The van der Waals surface area contributed by atoms with Crippen LogP contribution in [-0.2, 0) is 75.6 Å². The van der Waals surface area contributed by atoms with Gasteiger partial charge in [-0.25, -0.2) is 0 Å². The van der Waals surface area contributed by atoms with Crippen LogP contribution in [0.4, 0.5) is 0 Å². The van der Waals surface area contributed by atoms with Crippen LogP contribution in [-0.4, -0.2) is 95.4 Å². The summed E-state index contributed by atoms with van der Waals surface area (Å²) in [5.74, 6) is -1.85. The van der Waals surface area contributed by atoms with E-state index in [9.17, 15) is 5.11 Å². The molecule has 4 heterocycles. The zero-order valence-electron chi connectivity index (χ0n) is 37.8. The summed E-state index contributed by atoms with van der Waals surface area (Å²) < 4.78 is 60.7. The maximum atomic E-state index is 12.9. The second kappa shape index (κ2) is 20.7. The van der Waals surface area contributed by atoms with E-state index in [0.29, 0.717) is 39.6 Å². The van der Waals surface area contributed by atoms with E-state index in [0.717, 1.165) is 27.8 Å². The summed E-state index contributed by atoms with van der Waals surface area (Å²) >= 11 is 0. The Bertz CT molecular complexity index is 2200. The molecule has 0 bridgehead atoms. The molecule has 11 nitrogen and oxygen atoms in total. The first-order chi connectivity index (χ1) is 31.6. The minimum atomic E-state index is -1.07. The van der Waals surface area contributed by atoms with E-state index in [-0.39, 0.29) is 12.5 Å². The standard InChI is InChI=1S/C54H63NO10/c1-53(2)62-49-47(61-52-51(50(49)63-53)64-54(3,4)65-52)44(56)30-42-45(58-33-39-24-14-7-15-25-39)48(60-35-41-28-18-9-19-29-41)46(59-34-40-26-16-8-17-27-40)43(36-57-32-38-22-12-6-13-23-38)55(42)31-37-20-10-5-11-21-37/h5-29,42-52,56H,30-36H2,1-4H3/t42-,43-,44-,45+,46-,47-,48-,49+,50+,51-,52-/m1/s1. The highest BCUT2D eigenvalue weighted by Gasteiger charge is 2.62. The SMILES string of the molecule is CC1(C)O[C@@H]2[C@H](O1)[C@H]1OC(C)(C)O[C@H]1O[C@@H]2[C@H](O)C[C@@H]1[C@H](OCc2ccccc2)[C@@H](OCc2ccccc2)[C@H](OCc2ccccc2)[C@@H](COCc2ccccc2)N1Cc1ccccc1. The van der Waals surface area contributed by atoms with Crippen LogP contribution in [0.1, 0.15) is 61.9 Å². The van der Waals surface area contributed by atoms with Crippen LogP contribution in [0.5, 0.6) is 0 Å². The molecule has 344 valence electrons. The third-order valence-corrected chi connectivity index (χ3v) is 12.8. The fourth-order valence-electron chi connectivity index (χ4n) is 9.84. The van der Waals surface area contributed by atoms with Gasteiger partial charge in [0.1, 0.15) is 42.7 Å². The van der Waals surface area contributed by atoms with Gasteiger partial charge in [-0.05, 0) is 61.9 Å². The quantitative estimate of drug-likeness (QED) is 0.0918. The molecule has 0 amide bonds. The largest absolute Gasteiger partial charge is 0.390 e. The Morgan fingerprint density at radius 2 is 0.908 bits per heavy atom. The van der Waals surface area contributed by atoms with E-state index in [4.69, 9.17) is 42.6 Å². The maximum absolute atomic E-state index is 12.9. The van der Waals surface area contributed by atoms with Crippen molar-refractivity contribution in [1.29, 1.82) is 0 Å². The number of nitrogens with zero attached hydrogens (tertiary/aromatic N) is 1. The van der Waals surface area contributed by atoms with E-state index in [1.807, 2.05) is 107 Å². The molecule has 65 heavy (non-hydrogen) atoms. The van der Waals surface area contributed by atoms with Crippen LogP contribution in [0.25, 0.3) is 0 Å². The first kappa shape index (κ1) is 45.8. The van der Waals surface area contributed by atoms with E-state index < -0.39 is 72.7 Å². The predicted molar refractivity (Wildman–Crippen MR) is 244 cm³/mol. The highest BCUT2D eigenvalue weighted by atomic mass is 16.9. The molecule has 4 aliphatic heterocycles. The fourth-order valence-corrected chi connectivity index (χ4v) is 9.84. The molecule has 1 N–H and O–H groups in total. The lowest BCUT2D eigenvalue weighted by Crippen LogP contribution is -2.69. The first-order valence-electron chi connectivity index (χ1n) is 23.0. The Morgan fingerprint density at radius 3 is 1.43 bits per heavy atom. The van der Waals surface area contributed by atoms with Crippen molar-refractivity contribution in [3.05, 3.63) is 179 Å². The normalized spacial score (nSPS) is 29.8. The average molecular weight is 886 g/mol. The molecular formula is C54H63NO10. The lowest BCUT2D eigenvalue weighted by molar-refractivity contribution is -0.262. The van der Waals surface area contributed by atoms with Crippen LogP contribution >= 0.6 is 0 Å².